The van der Waals surface area contributed by atoms with Gasteiger partial charge in [0, 0.05) is 56.4 Å². The second-order valence-electron chi connectivity index (χ2n) is 10.4. The van der Waals surface area contributed by atoms with Gasteiger partial charge in [-0.2, -0.15) is 9.57 Å². The first-order chi connectivity index (χ1) is 18.5. The first kappa shape index (κ1) is 25.0. The molecule has 0 saturated carbocycles. The fourth-order valence-corrected chi connectivity index (χ4v) is 7.85. The lowest BCUT2D eigenvalue weighted by atomic mass is 9.83. The smallest absolute Gasteiger partial charge is 0.258 e. The number of pyridine rings is 1. The van der Waals surface area contributed by atoms with Gasteiger partial charge in [0.25, 0.3) is 5.56 Å². The second-order valence-corrected chi connectivity index (χ2v) is 12.3. The number of fused-ring (bicyclic) bond motifs is 4. The van der Waals surface area contributed by atoms with Crippen molar-refractivity contribution in [1.29, 1.82) is 5.26 Å². The van der Waals surface area contributed by atoms with Crippen LogP contribution in [0.3, 0.4) is 0 Å². The number of hydrogen-bond acceptors (Lipinski definition) is 6. The Morgan fingerprint density at radius 1 is 0.921 bits per heavy atom. The zero-order valence-electron chi connectivity index (χ0n) is 21.1. The summed E-state index contributed by atoms with van der Waals surface area (Å²) in [6.07, 6.45) is 0.846. The largest absolute Gasteiger partial charge is 0.379 e. The summed E-state index contributed by atoms with van der Waals surface area (Å²) in [6, 6.07) is 20.3. The van der Waals surface area contributed by atoms with Gasteiger partial charge >= 0.3 is 0 Å². The van der Waals surface area contributed by atoms with Gasteiger partial charge in [-0.25, -0.2) is 8.42 Å². The molecule has 2 atom stereocenters. The molecule has 0 aliphatic carbocycles. The molecule has 0 radical (unpaired) electrons. The van der Waals surface area contributed by atoms with Crippen LogP contribution in [0.5, 0.6) is 0 Å². The van der Waals surface area contributed by atoms with E-state index in [0.717, 1.165) is 56.1 Å². The summed E-state index contributed by atoms with van der Waals surface area (Å²) in [7, 11) is -3.82. The third-order valence-corrected chi connectivity index (χ3v) is 9.89. The molecular weight excluding hydrogens is 500 g/mol. The van der Waals surface area contributed by atoms with Gasteiger partial charge in [-0.05, 0) is 47.7 Å². The van der Waals surface area contributed by atoms with Crippen molar-refractivity contribution in [3.63, 3.8) is 0 Å². The number of benzene rings is 2. The standard InChI is InChI=1S/C29H30N4O4S/c30-16-22-5-2-4-8-28(22)38(35,36)32-17-21-15-24(20-32)27-10-9-26(29(34)33(27)18-21)25-7-3-1-6-23(25)19-31-11-13-37-14-12-31/h1-10,21,24H,11-15,17-20H2. The fourth-order valence-electron chi connectivity index (χ4n) is 6.15. The van der Waals surface area contributed by atoms with E-state index in [2.05, 4.69) is 11.0 Å². The SMILES string of the molecule is N#Cc1ccccc1S(=O)(=O)N1CC2CC(C1)c1ccc(-c3ccccc3CN3CCOCC3)c(=O)n1C2. The van der Waals surface area contributed by atoms with Gasteiger partial charge in [-0.1, -0.05) is 36.4 Å². The average molecular weight is 531 g/mol. The molecule has 3 aliphatic heterocycles. The maximum Gasteiger partial charge on any atom is 0.258 e. The summed E-state index contributed by atoms with van der Waals surface area (Å²) in [4.78, 5) is 16.2. The first-order valence-corrected chi connectivity index (χ1v) is 14.5. The van der Waals surface area contributed by atoms with Crippen LogP contribution in [0.25, 0.3) is 11.1 Å². The van der Waals surface area contributed by atoms with Gasteiger partial charge in [0.1, 0.15) is 6.07 Å². The zero-order valence-corrected chi connectivity index (χ0v) is 21.9. The van der Waals surface area contributed by atoms with Crippen molar-refractivity contribution < 1.29 is 13.2 Å². The van der Waals surface area contributed by atoms with Gasteiger partial charge in [-0.15, -0.1) is 0 Å². The van der Waals surface area contributed by atoms with E-state index in [1.165, 1.54) is 16.4 Å². The molecule has 2 unspecified atom stereocenters. The van der Waals surface area contributed by atoms with Crippen LogP contribution in [0, 0.1) is 17.2 Å². The van der Waals surface area contributed by atoms with Crippen molar-refractivity contribution in [3.05, 3.63) is 87.8 Å². The summed E-state index contributed by atoms with van der Waals surface area (Å²) in [6.45, 7) is 5.08. The predicted octanol–water partition coefficient (Wildman–Crippen LogP) is 3.03. The molecule has 2 aromatic carbocycles. The van der Waals surface area contributed by atoms with Gasteiger partial charge in [0.2, 0.25) is 10.0 Å². The molecule has 8 nitrogen and oxygen atoms in total. The Morgan fingerprint density at radius 2 is 1.68 bits per heavy atom. The molecule has 9 heteroatoms. The normalized spacial score (nSPS) is 22.0. The Hall–Kier alpha value is -3.29. The summed E-state index contributed by atoms with van der Waals surface area (Å²) in [5, 5.41) is 9.45. The number of morpholine rings is 1. The van der Waals surface area contributed by atoms with E-state index in [9.17, 15) is 18.5 Å². The Bertz CT molecular complexity index is 1570. The quantitative estimate of drug-likeness (QED) is 0.503. The Labute approximate surface area is 222 Å². The molecule has 2 fully saturated rings. The molecular formula is C29H30N4O4S. The number of rotatable bonds is 5. The molecule has 6 rings (SSSR count). The molecule has 2 bridgehead atoms. The highest BCUT2D eigenvalue weighted by Crippen LogP contribution is 2.38. The highest BCUT2D eigenvalue weighted by molar-refractivity contribution is 7.89. The van der Waals surface area contributed by atoms with E-state index < -0.39 is 10.0 Å². The molecule has 0 amide bonds. The van der Waals surface area contributed by atoms with E-state index in [0.29, 0.717) is 25.2 Å². The lowest BCUT2D eigenvalue weighted by Crippen LogP contribution is -2.49. The van der Waals surface area contributed by atoms with Crippen molar-refractivity contribution in [2.45, 2.75) is 30.3 Å². The molecule has 196 valence electrons. The molecule has 2 saturated heterocycles. The maximum absolute atomic E-state index is 13.8. The number of ether oxygens (including phenoxy) is 1. The summed E-state index contributed by atoms with van der Waals surface area (Å²) >= 11 is 0. The van der Waals surface area contributed by atoms with Crippen LogP contribution in [0.2, 0.25) is 0 Å². The van der Waals surface area contributed by atoms with Crippen LogP contribution in [0.4, 0.5) is 0 Å². The lowest BCUT2D eigenvalue weighted by Gasteiger charge is -2.42. The van der Waals surface area contributed by atoms with Gasteiger partial charge < -0.3 is 9.30 Å². The summed E-state index contributed by atoms with van der Waals surface area (Å²) in [5.41, 5.74) is 3.78. The van der Waals surface area contributed by atoms with E-state index in [1.54, 1.807) is 12.1 Å². The number of nitrogens with zero attached hydrogens (tertiary/aromatic N) is 4. The third-order valence-electron chi connectivity index (χ3n) is 8.00. The maximum atomic E-state index is 13.8. The molecule has 3 aromatic rings. The predicted molar refractivity (Wildman–Crippen MR) is 143 cm³/mol. The summed E-state index contributed by atoms with van der Waals surface area (Å²) in [5.74, 6) is -0.0429. The highest BCUT2D eigenvalue weighted by atomic mass is 32.2. The average Bonchev–Trinajstić information content (AvgIpc) is 2.94. The Balaban J connectivity index is 1.31. The molecule has 0 spiro atoms. The Morgan fingerprint density at radius 3 is 2.50 bits per heavy atom. The van der Waals surface area contributed by atoms with Crippen LogP contribution < -0.4 is 5.56 Å². The molecule has 38 heavy (non-hydrogen) atoms. The Kier molecular flexibility index (Phi) is 6.66. The number of sulfonamides is 1. The minimum Gasteiger partial charge on any atom is -0.379 e. The number of nitriles is 1. The molecule has 3 aliphatic rings. The minimum absolute atomic E-state index is 0.0160. The van der Waals surface area contributed by atoms with Crippen molar-refractivity contribution >= 4 is 10.0 Å². The second kappa shape index (κ2) is 10.1. The third kappa shape index (κ3) is 4.48. The van der Waals surface area contributed by atoms with Crippen LogP contribution in [-0.2, 0) is 27.8 Å². The van der Waals surface area contributed by atoms with E-state index >= 15 is 0 Å². The molecule has 1 aromatic heterocycles. The fraction of sp³-hybridized carbons (Fsp3) is 0.379. The monoisotopic (exact) mass is 530 g/mol. The molecule has 4 heterocycles. The van der Waals surface area contributed by atoms with Crippen molar-refractivity contribution in [2.75, 3.05) is 39.4 Å². The topological polar surface area (TPSA) is 95.6 Å². The number of piperidine rings is 1. The van der Waals surface area contributed by atoms with Crippen molar-refractivity contribution in [2.24, 2.45) is 5.92 Å². The van der Waals surface area contributed by atoms with Crippen LogP contribution in [0.1, 0.15) is 29.2 Å². The number of aromatic nitrogens is 1. The van der Waals surface area contributed by atoms with Crippen molar-refractivity contribution in [1.82, 2.24) is 13.8 Å². The van der Waals surface area contributed by atoms with E-state index in [-0.39, 0.29) is 27.9 Å². The molecule has 0 N–H and O–H groups in total. The number of hydrogen-bond donors (Lipinski definition) is 0. The van der Waals surface area contributed by atoms with Crippen LogP contribution in [0.15, 0.2) is 70.4 Å². The van der Waals surface area contributed by atoms with Gasteiger partial charge in [0.15, 0.2) is 0 Å². The first-order valence-electron chi connectivity index (χ1n) is 13.1. The highest BCUT2D eigenvalue weighted by Gasteiger charge is 2.40. The van der Waals surface area contributed by atoms with E-state index in [4.69, 9.17) is 4.74 Å². The van der Waals surface area contributed by atoms with Crippen LogP contribution >= 0.6 is 0 Å². The summed E-state index contributed by atoms with van der Waals surface area (Å²) < 4.78 is 35.9. The van der Waals surface area contributed by atoms with E-state index in [1.807, 2.05) is 41.0 Å². The minimum atomic E-state index is -3.82. The van der Waals surface area contributed by atoms with Gasteiger partial charge in [-0.3, -0.25) is 9.69 Å². The zero-order chi connectivity index (χ0) is 26.3. The van der Waals surface area contributed by atoms with Crippen molar-refractivity contribution in [3.8, 4) is 17.2 Å². The van der Waals surface area contributed by atoms with Crippen LogP contribution in [-0.4, -0.2) is 61.6 Å². The lowest BCUT2D eigenvalue weighted by molar-refractivity contribution is 0.0342. The van der Waals surface area contributed by atoms with Gasteiger partial charge in [0.05, 0.1) is 23.7 Å².